The number of para-hydroxylation sites is 1. The van der Waals surface area contributed by atoms with E-state index in [-0.39, 0.29) is 23.7 Å². The van der Waals surface area contributed by atoms with E-state index in [0.717, 1.165) is 10.9 Å². The number of hydrogen-bond donors (Lipinski definition) is 3. The van der Waals surface area contributed by atoms with Crippen molar-refractivity contribution in [3.63, 3.8) is 0 Å². The molecular weight excluding hydrogens is 543 g/mol. The van der Waals surface area contributed by atoms with Crippen molar-refractivity contribution in [2.24, 2.45) is 0 Å². The molecule has 0 spiro atoms. The summed E-state index contributed by atoms with van der Waals surface area (Å²) in [4.78, 5) is 41.8. The Morgan fingerprint density at radius 2 is 1.74 bits per heavy atom. The number of carboxylic acid groups (broad SMARTS) is 1. The number of likely N-dealkylation sites (N-methyl/N-ethyl adjacent to an activating group) is 1. The zero-order chi connectivity index (χ0) is 28.1. The van der Waals surface area contributed by atoms with Gasteiger partial charge in [0.2, 0.25) is 5.91 Å². The highest BCUT2D eigenvalue weighted by molar-refractivity contribution is 6.38. The van der Waals surface area contributed by atoms with Crippen molar-refractivity contribution in [2.75, 3.05) is 23.8 Å². The number of halogens is 2. The largest absolute Gasteiger partial charge is 0.487 e. The first-order valence-corrected chi connectivity index (χ1v) is 12.5. The minimum Gasteiger partial charge on any atom is -0.487 e. The maximum atomic E-state index is 12.8. The van der Waals surface area contributed by atoms with Crippen molar-refractivity contribution >= 4 is 63.4 Å². The van der Waals surface area contributed by atoms with E-state index in [1.165, 1.54) is 36.2 Å². The van der Waals surface area contributed by atoms with Gasteiger partial charge in [-0.25, -0.2) is 14.6 Å². The molecule has 0 saturated heterocycles. The topological polar surface area (TPSA) is 121 Å². The number of amides is 3. The summed E-state index contributed by atoms with van der Waals surface area (Å²) in [6.45, 7) is 1.58. The van der Waals surface area contributed by atoms with Crippen LogP contribution in [-0.2, 0) is 11.4 Å². The smallest absolute Gasteiger partial charge is 0.335 e. The van der Waals surface area contributed by atoms with E-state index in [0.29, 0.717) is 33.4 Å². The number of urea groups is 1. The van der Waals surface area contributed by atoms with Gasteiger partial charge in [0.25, 0.3) is 0 Å². The molecule has 39 heavy (non-hydrogen) atoms. The van der Waals surface area contributed by atoms with Crippen LogP contribution in [0.2, 0.25) is 10.0 Å². The van der Waals surface area contributed by atoms with Crippen molar-refractivity contribution in [1.29, 1.82) is 0 Å². The Morgan fingerprint density at radius 3 is 2.46 bits per heavy atom. The average molecular weight is 567 g/mol. The van der Waals surface area contributed by atoms with Crippen LogP contribution in [0.3, 0.4) is 0 Å². The van der Waals surface area contributed by atoms with Crippen LogP contribution in [0.1, 0.15) is 21.6 Å². The van der Waals surface area contributed by atoms with Gasteiger partial charge in [-0.15, -0.1) is 0 Å². The van der Waals surface area contributed by atoms with Crippen LogP contribution in [0.4, 0.5) is 16.2 Å². The van der Waals surface area contributed by atoms with Gasteiger partial charge in [0.15, 0.2) is 0 Å². The summed E-state index contributed by atoms with van der Waals surface area (Å²) >= 11 is 13.1. The summed E-state index contributed by atoms with van der Waals surface area (Å²) < 4.78 is 6.01. The van der Waals surface area contributed by atoms with Crippen LogP contribution in [-0.4, -0.2) is 41.6 Å². The fraction of sp³-hybridized carbons (Fsp3) is 0.143. The highest BCUT2D eigenvalue weighted by Crippen LogP contribution is 2.35. The lowest BCUT2D eigenvalue weighted by molar-refractivity contribution is -0.117. The van der Waals surface area contributed by atoms with Gasteiger partial charge in [-0.2, -0.15) is 0 Å². The Morgan fingerprint density at radius 1 is 1.03 bits per heavy atom. The van der Waals surface area contributed by atoms with E-state index in [2.05, 4.69) is 15.6 Å². The molecule has 0 atom stereocenters. The summed E-state index contributed by atoms with van der Waals surface area (Å²) in [5, 5.41) is 15.5. The number of aromatic carboxylic acids is 1. The number of carbonyl (C=O) groups is 3. The van der Waals surface area contributed by atoms with Crippen LogP contribution in [0.25, 0.3) is 10.9 Å². The first-order chi connectivity index (χ1) is 18.6. The average Bonchev–Trinajstić information content (AvgIpc) is 2.91. The number of fused-ring (bicyclic) bond motifs is 1. The number of carboxylic acids is 1. The SMILES string of the molecule is Cc1nc2ccccc2cc1OCc1c(Cl)ccc(N(C)C(=O)CNC(=O)Nc2ccc(C(=O)O)cc2)c1Cl. The van der Waals surface area contributed by atoms with Crippen LogP contribution in [0, 0.1) is 6.92 Å². The minimum atomic E-state index is -1.07. The Balaban J connectivity index is 1.40. The first kappa shape index (κ1) is 27.7. The Labute approximate surface area is 234 Å². The van der Waals surface area contributed by atoms with E-state index >= 15 is 0 Å². The molecule has 3 amide bonds. The van der Waals surface area contributed by atoms with Crippen molar-refractivity contribution < 1.29 is 24.2 Å². The molecule has 200 valence electrons. The van der Waals surface area contributed by atoms with E-state index < -0.39 is 17.9 Å². The predicted molar refractivity (Wildman–Crippen MR) is 151 cm³/mol. The number of benzene rings is 3. The molecule has 3 N–H and O–H groups in total. The second-order valence-electron chi connectivity index (χ2n) is 8.56. The van der Waals surface area contributed by atoms with Gasteiger partial charge in [0.05, 0.1) is 34.0 Å². The first-order valence-electron chi connectivity index (χ1n) is 11.7. The molecule has 9 nitrogen and oxygen atoms in total. The molecule has 1 heterocycles. The molecule has 0 aliphatic heterocycles. The van der Waals surface area contributed by atoms with E-state index in [1.807, 2.05) is 37.3 Å². The van der Waals surface area contributed by atoms with Gasteiger partial charge in [-0.1, -0.05) is 41.4 Å². The molecular formula is C28H24Cl2N4O5. The van der Waals surface area contributed by atoms with E-state index in [9.17, 15) is 14.4 Å². The molecule has 0 unspecified atom stereocenters. The lowest BCUT2D eigenvalue weighted by atomic mass is 10.1. The van der Waals surface area contributed by atoms with Gasteiger partial charge in [0.1, 0.15) is 12.4 Å². The van der Waals surface area contributed by atoms with Gasteiger partial charge < -0.3 is 25.4 Å². The standard InChI is InChI=1S/C28H24Cl2N4O5/c1-16-24(13-18-5-3-4-6-22(18)32-16)39-15-20-21(29)11-12-23(26(20)30)34(2)25(35)14-31-28(38)33-19-9-7-17(8-10-19)27(36)37/h3-13H,14-15H2,1-2H3,(H,36,37)(H2,31,33,38). The predicted octanol–water partition coefficient (Wildman–Crippen LogP) is 5.91. The van der Waals surface area contributed by atoms with Crippen LogP contribution in [0.5, 0.6) is 5.75 Å². The highest BCUT2D eigenvalue weighted by atomic mass is 35.5. The number of hydrogen-bond acceptors (Lipinski definition) is 5. The van der Waals surface area contributed by atoms with Gasteiger partial charge >= 0.3 is 12.0 Å². The molecule has 0 saturated carbocycles. The Bertz CT molecular complexity index is 1560. The number of aryl methyl sites for hydroxylation is 1. The fourth-order valence-electron chi connectivity index (χ4n) is 3.75. The van der Waals surface area contributed by atoms with Gasteiger partial charge in [-0.05, 0) is 55.5 Å². The van der Waals surface area contributed by atoms with Crippen LogP contribution in [0.15, 0.2) is 66.7 Å². The van der Waals surface area contributed by atoms with Gasteiger partial charge in [-0.3, -0.25) is 4.79 Å². The Kier molecular flexibility index (Phi) is 8.53. The Hall–Kier alpha value is -4.34. The molecule has 4 rings (SSSR count). The van der Waals surface area contributed by atoms with E-state index in [1.54, 1.807) is 12.1 Å². The molecule has 0 aliphatic rings. The zero-order valence-corrected chi connectivity index (χ0v) is 22.5. The summed E-state index contributed by atoms with van der Waals surface area (Å²) in [7, 11) is 1.53. The maximum absolute atomic E-state index is 12.8. The number of nitrogens with zero attached hydrogens (tertiary/aromatic N) is 2. The molecule has 0 bridgehead atoms. The highest BCUT2D eigenvalue weighted by Gasteiger charge is 2.19. The lowest BCUT2D eigenvalue weighted by Gasteiger charge is -2.21. The van der Waals surface area contributed by atoms with E-state index in [4.69, 9.17) is 33.0 Å². The van der Waals surface area contributed by atoms with Crippen molar-refractivity contribution in [3.05, 3.63) is 93.6 Å². The molecule has 11 heteroatoms. The lowest BCUT2D eigenvalue weighted by Crippen LogP contribution is -2.40. The second kappa shape index (κ2) is 12.0. The van der Waals surface area contributed by atoms with Crippen LogP contribution < -0.4 is 20.3 Å². The fourth-order valence-corrected chi connectivity index (χ4v) is 4.35. The molecule has 0 radical (unpaired) electrons. The normalized spacial score (nSPS) is 10.7. The zero-order valence-electron chi connectivity index (χ0n) is 21.0. The molecule has 1 aromatic heterocycles. The number of ether oxygens (including phenoxy) is 1. The number of pyridine rings is 1. The third-order valence-corrected chi connectivity index (χ3v) is 6.71. The summed E-state index contributed by atoms with van der Waals surface area (Å²) in [5.41, 5.74) is 2.93. The van der Waals surface area contributed by atoms with Crippen molar-refractivity contribution in [1.82, 2.24) is 10.3 Å². The molecule has 0 aliphatic carbocycles. The number of rotatable bonds is 8. The maximum Gasteiger partial charge on any atom is 0.335 e. The number of anilines is 2. The van der Waals surface area contributed by atoms with Gasteiger partial charge in [0, 0.05) is 28.7 Å². The monoisotopic (exact) mass is 566 g/mol. The summed E-state index contributed by atoms with van der Waals surface area (Å²) in [6, 6.07) is 17.8. The minimum absolute atomic E-state index is 0.0513. The quantitative estimate of drug-likeness (QED) is 0.243. The molecule has 4 aromatic rings. The number of nitrogens with one attached hydrogen (secondary N) is 2. The third kappa shape index (κ3) is 6.57. The number of carbonyl (C=O) groups excluding carboxylic acids is 2. The second-order valence-corrected chi connectivity index (χ2v) is 9.34. The molecule has 0 fully saturated rings. The summed E-state index contributed by atoms with van der Waals surface area (Å²) in [5.74, 6) is -0.920. The summed E-state index contributed by atoms with van der Waals surface area (Å²) in [6.07, 6.45) is 0. The van der Waals surface area contributed by atoms with Crippen LogP contribution >= 0.6 is 23.2 Å². The molecule has 3 aromatic carbocycles. The van der Waals surface area contributed by atoms with Crippen molar-refractivity contribution in [2.45, 2.75) is 13.5 Å². The van der Waals surface area contributed by atoms with Crippen molar-refractivity contribution in [3.8, 4) is 5.75 Å². The number of aromatic nitrogens is 1. The third-order valence-electron chi connectivity index (χ3n) is 5.93.